The van der Waals surface area contributed by atoms with Gasteiger partial charge in [-0.25, -0.2) is 13.8 Å². The van der Waals surface area contributed by atoms with E-state index in [-0.39, 0.29) is 5.91 Å². The van der Waals surface area contributed by atoms with Crippen molar-refractivity contribution < 1.29 is 13.8 Å². The lowest BCUT2D eigenvalue weighted by Gasteiger charge is -2.18. The fourth-order valence-corrected chi connectivity index (χ4v) is 3.74. The van der Waals surface area contributed by atoms with Gasteiger partial charge in [0.15, 0.2) is 0 Å². The largest absolute Gasteiger partial charge is 0.326 e. The highest BCUT2D eigenvalue weighted by Crippen LogP contribution is 2.29. The normalized spacial score (nSPS) is 18.8. The van der Waals surface area contributed by atoms with Crippen LogP contribution in [0.5, 0.6) is 0 Å². The van der Waals surface area contributed by atoms with Crippen LogP contribution >= 0.6 is 11.6 Å². The van der Waals surface area contributed by atoms with Crippen LogP contribution in [0.25, 0.3) is 0 Å². The van der Waals surface area contributed by atoms with E-state index in [1.54, 1.807) is 41.3 Å². The summed E-state index contributed by atoms with van der Waals surface area (Å²) in [6.07, 6.45) is 1.81. The number of rotatable bonds is 4. The first kappa shape index (κ1) is 19.2. The summed E-state index contributed by atoms with van der Waals surface area (Å²) in [5.74, 6) is -0.214. The van der Waals surface area contributed by atoms with Gasteiger partial charge in [-0.2, -0.15) is 0 Å². The van der Waals surface area contributed by atoms with Gasteiger partial charge in [-0.15, -0.1) is 0 Å². The van der Waals surface area contributed by atoms with E-state index >= 15 is 0 Å². The van der Waals surface area contributed by atoms with Gasteiger partial charge in [-0.05, 0) is 42.8 Å². The summed E-state index contributed by atoms with van der Waals surface area (Å²) in [5, 5.41) is 5.78. The SMILES string of the molecule is CS(=N)(=O)c1ccc(NC(=O)NC2CCN(c3ccccc3Cl)C2=O)cc1. The minimum absolute atomic E-state index is 0.214. The second-order valence-corrected chi connectivity index (χ2v) is 8.81. The van der Waals surface area contributed by atoms with Gasteiger partial charge in [0, 0.05) is 23.4 Å². The Balaban J connectivity index is 1.62. The molecule has 3 rings (SSSR count). The van der Waals surface area contributed by atoms with Crippen LogP contribution < -0.4 is 15.5 Å². The minimum atomic E-state index is -2.80. The van der Waals surface area contributed by atoms with Crippen molar-refractivity contribution in [3.05, 3.63) is 53.6 Å². The molecule has 0 aliphatic carbocycles. The Kier molecular flexibility index (Phi) is 5.38. The molecule has 2 unspecified atom stereocenters. The molecule has 1 aliphatic rings. The Morgan fingerprint density at radius 3 is 2.52 bits per heavy atom. The van der Waals surface area contributed by atoms with Crippen LogP contribution in [0.1, 0.15) is 6.42 Å². The maximum absolute atomic E-state index is 12.6. The molecule has 0 spiro atoms. The second kappa shape index (κ2) is 7.58. The minimum Gasteiger partial charge on any atom is -0.326 e. The number of benzene rings is 2. The predicted octanol–water partition coefficient (Wildman–Crippen LogP) is 3.30. The fraction of sp³-hybridized carbons (Fsp3) is 0.222. The third-order valence-electron chi connectivity index (χ3n) is 4.22. The first-order valence-electron chi connectivity index (χ1n) is 8.23. The smallest absolute Gasteiger partial charge is 0.319 e. The number of urea groups is 1. The molecule has 1 aliphatic heterocycles. The molecule has 2 aromatic rings. The first-order valence-corrected chi connectivity index (χ1v) is 10.6. The zero-order valence-corrected chi connectivity index (χ0v) is 16.1. The summed E-state index contributed by atoms with van der Waals surface area (Å²) in [4.78, 5) is 26.7. The molecule has 0 radical (unpaired) electrons. The molecule has 7 nitrogen and oxygen atoms in total. The highest BCUT2D eigenvalue weighted by Gasteiger charge is 2.34. The van der Waals surface area contributed by atoms with Gasteiger partial charge in [0.25, 0.3) is 0 Å². The van der Waals surface area contributed by atoms with Crippen LogP contribution in [0.15, 0.2) is 53.4 Å². The molecule has 2 atom stereocenters. The average molecular weight is 407 g/mol. The fourth-order valence-electron chi connectivity index (χ4n) is 2.85. The summed E-state index contributed by atoms with van der Waals surface area (Å²) in [6, 6.07) is 12.1. The third kappa shape index (κ3) is 4.40. The quantitative estimate of drug-likeness (QED) is 0.725. The van der Waals surface area contributed by atoms with E-state index in [0.717, 1.165) is 0 Å². The Morgan fingerprint density at radius 2 is 1.89 bits per heavy atom. The Hall–Kier alpha value is -2.58. The van der Waals surface area contributed by atoms with Crippen LogP contribution in [0.3, 0.4) is 0 Å². The molecule has 142 valence electrons. The van der Waals surface area contributed by atoms with Gasteiger partial charge < -0.3 is 15.5 Å². The van der Waals surface area contributed by atoms with Crippen molar-refractivity contribution in [2.24, 2.45) is 0 Å². The number of carbonyl (C=O) groups is 2. The highest BCUT2D eigenvalue weighted by molar-refractivity contribution is 7.91. The Morgan fingerprint density at radius 1 is 1.22 bits per heavy atom. The van der Waals surface area contributed by atoms with E-state index in [2.05, 4.69) is 10.6 Å². The van der Waals surface area contributed by atoms with Crippen molar-refractivity contribution in [3.63, 3.8) is 0 Å². The molecule has 27 heavy (non-hydrogen) atoms. The van der Waals surface area contributed by atoms with Crippen molar-refractivity contribution in [1.29, 1.82) is 4.78 Å². The van der Waals surface area contributed by atoms with Gasteiger partial charge in [0.1, 0.15) is 6.04 Å². The summed E-state index contributed by atoms with van der Waals surface area (Å²) < 4.78 is 19.2. The van der Waals surface area contributed by atoms with Crippen molar-refractivity contribution >= 4 is 44.6 Å². The molecule has 1 saturated heterocycles. The van der Waals surface area contributed by atoms with E-state index in [1.807, 2.05) is 0 Å². The van der Waals surface area contributed by atoms with E-state index in [1.165, 1.54) is 18.4 Å². The number of hydrogen-bond donors (Lipinski definition) is 3. The molecule has 2 aromatic carbocycles. The summed E-state index contributed by atoms with van der Waals surface area (Å²) >= 11 is 6.15. The zero-order chi connectivity index (χ0) is 19.6. The second-order valence-electron chi connectivity index (χ2n) is 6.25. The van der Waals surface area contributed by atoms with Crippen molar-refractivity contribution in [1.82, 2.24) is 5.32 Å². The monoisotopic (exact) mass is 406 g/mol. The lowest BCUT2D eigenvalue weighted by Crippen LogP contribution is -2.43. The molecule has 1 heterocycles. The molecule has 0 bridgehead atoms. The number of nitrogens with zero attached hydrogens (tertiary/aromatic N) is 1. The molecular formula is C18H19ClN4O3S. The standard InChI is InChI=1S/C18H19ClN4O3S/c1-27(20,26)13-8-6-12(7-9-13)21-18(25)22-15-10-11-23(17(15)24)16-5-3-2-4-14(16)19/h2-9,15,20H,10-11H2,1H3,(H2,21,22,25). The zero-order valence-electron chi connectivity index (χ0n) is 14.6. The number of hydrogen-bond acceptors (Lipinski definition) is 4. The molecule has 0 aromatic heterocycles. The first-order chi connectivity index (χ1) is 12.8. The molecular weight excluding hydrogens is 388 g/mol. The number of anilines is 2. The van der Waals surface area contributed by atoms with E-state index in [0.29, 0.717) is 34.3 Å². The summed E-state index contributed by atoms with van der Waals surface area (Å²) in [6.45, 7) is 0.469. The lowest BCUT2D eigenvalue weighted by atomic mass is 10.2. The molecule has 3 amide bonds. The van der Waals surface area contributed by atoms with Crippen LogP contribution in [-0.2, 0) is 14.5 Å². The van der Waals surface area contributed by atoms with Crippen molar-refractivity contribution in [3.8, 4) is 0 Å². The van der Waals surface area contributed by atoms with Gasteiger partial charge in [0.2, 0.25) is 5.91 Å². The topological polar surface area (TPSA) is 102 Å². The van der Waals surface area contributed by atoms with Gasteiger partial charge in [-0.1, -0.05) is 23.7 Å². The van der Waals surface area contributed by atoms with Gasteiger partial charge in [-0.3, -0.25) is 4.79 Å². The maximum Gasteiger partial charge on any atom is 0.319 e. The summed E-state index contributed by atoms with van der Waals surface area (Å²) in [7, 11) is -2.80. The van der Waals surface area contributed by atoms with Crippen LogP contribution in [0, 0.1) is 4.78 Å². The number of amides is 3. The maximum atomic E-state index is 12.6. The number of carbonyl (C=O) groups excluding carboxylic acids is 2. The van der Waals surface area contributed by atoms with Crippen molar-refractivity contribution in [2.75, 3.05) is 23.0 Å². The number of halogens is 1. The van der Waals surface area contributed by atoms with E-state index in [4.69, 9.17) is 16.4 Å². The Bertz CT molecular complexity index is 976. The molecule has 0 saturated carbocycles. The van der Waals surface area contributed by atoms with Crippen LogP contribution in [0.4, 0.5) is 16.2 Å². The van der Waals surface area contributed by atoms with E-state index < -0.39 is 21.8 Å². The van der Waals surface area contributed by atoms with Crippen LogP contribution in [0.2, 0.25) is 5.02 Å². The summed E-state index contributed by atoms with van der Waals surface area (Å²) in [5.41, 5.74) is 1.11. The number of para-hydroxylation sites is 1. The molecule has 9 heteroatoms. The van der Waals surface area contributed by atoms with Gasteiger partial charge in [0.05, 0.1) is 20.4 Å². The van der Waals surface area contributed by atoms with Crippen molar-refractivity contribution in [2.45, 2.75) is 17.4 Å². The molecule has 3 N–H and O–H groups in total. The predicted molar refractivity (Wildman–Crippen MR) is 106 cm³/mol. The highest BCUT2D eigenvalue weighted by atomic mass is 35.5. The molecule has 1 fully saturated rings. The Labute approximate surface area is 162 Å². The van der Waals surface area contributed by atoms with Gasteiger partial charge >= 0.3 is 6.03 Å². The average Bonchev–Trinajstić information content (AvgIpc) is 2.95. The van der Waals surface area contributed by atoms with E-state index in [9.17, 15) is 13.8 Å². The third-order valence-corrected chi connectivity index (χ3v) is 5.71. The van der Waals surface area contributed by atoms with Crippen LogP contribution in [-0.4, -0.2) is 35.0 Å². The number of nitrogens with one attached hydrogen (secondary N) is 3. The lowest BCUT2D eigenvalue weighted by molar-refractivity contribution is -0.118.